The fourth-order valence-corrected chi connectivity index (χ4v) is 0.385. The van der Waals surface area contributed by atoms with Gasteiger partial charge in [-0.05, 0) is 0 Å². The van der Waals surface area contributed by atoms with Crippen LogP contribution in [-0.4, -0.2) is 25.3 Å². The molecule has 0 saturated carbocycles. The Kier molecular flexibility index (Phi) is 3.96. The summed E-state index contributed by atoms with van der Waals surface area (Å²) in [6.45, 7) is 0. The molecule has 0 spiro atoms. The predicted molar refractivity (Wildman–Crippen MR) is 44.6 cm³/mol. The van der Waals surface area contributed by atoms with Crippen molar-refractivity contribution in [2.45, 2.75) is 0 Å². The summed E-state index contributed by atoms with van der Waals surface area (Å²) in [6.07, 6.45) is 1.41. The van der Waals surface area contributed by atoms with Crippen LogP contribution in [0, 0.1) is 22.7 Å². The maximum absolute atomic E-state index is 8.47. The summed E-state index contributed by atoms with van der Waals surface area (Å²) in [7, 11) is 3.50. The molecule has 0 saturated heterocycles. The summed E-state index contributed by atoms with van der Waals surface area (Å²) < 4.78 is 0. The smallest absolute Gasteiger partial charge is 0.175 e. The lowest BCUT2D eigenvalue weighted by Crippen LogP contribution is -2.08. The van der Waals surface area contributed by atoms with E-state index in [1.807, 2.05) is 0 Å². The molecule has 0 rings (SSSR count). The molecule has 0 aliphatic carbocycles. The van der Waals surface area contributed by atoms with Crippen LogP contribution < -0.4 is 5.73 Å². The van der Waals surface area contributed by atoms with E-state index in [1.165, 1.54) is 6.34 Å². The second kappa shape index (κ2) is 4.75. The van der Waals surface area contributed by atoms with E-state index in [1.54, 1.807) is 31.1 Å². The maximum Gasteiger partial charge on any atom is 0.175 e. The van der Waals surface area contributed by atoms with Crippen LogP contribution in [0.5, 0.6) is 0 Å². The molecule has 0 aromatic heterocycles. The van der Waals surface area contributed by atoms with Crippen molar-refractivity contribution in [3.8, 4) is 12.1 Å². The van der Waals surface area contributed by atoms with Crippen LogP contribution in [0.1, 0.15) is 0 Å². The quantitative estimate of drug-likeness (QED) is 0.346. The molecule has 0 heterocycles. The van der Waals surface area contributed by atoms with Crippen LogP contribution in [0.4, 0.5) is 0 Å². The molecule has 0 aliphatic rings. The summed E-state index contributed by atoms with van der Waals surface area (Å²) in [5, 5.41) is 16.8. The normalized spacial score (nSPS) is 11.7. The van der Waals surface area contributed by atoms with E-state index >= 15 is 0 Å². The van der Waals surface area contributed by atoms with Crippen molar-refractivity contribution >= 4 is 6.34 Å². The zero-order valence-corrected chi connectivity index (χ0v) is 6.94. The molecule has 0 aliphatic heterocycles. The van der Waals surface area contributed by atoms with Crippen LogP contribution >= 0.6 is 0 Å². The van der Waals surface area contributed by atoms with Crippen LogP contribution in [0.2, 0.25) is 0 Å². The number of aliphatic imine (C=N–C) groups is 1. The van der Waals surface area contributed by atoms with Crippen molar-refractivity contribution < 1.29 is 0 Å². The van der Waals surface area contributed by atoms with Gasteiger partial charge in [-0.25, -0.2) is 4.99 Å². The van der Waals surface area contributed by atoms with Gasteiger partial charge in [-0.15, -0.1) is 0 Å². The topological polar surface area (TPSA) is 89.2 Å². The second-order valence-corrected chi connectivity index (χ2v) is 2.19. The van der Waals surface area contributed by atoms with Gasteiger partial charge in [0.25, 0.3) is 0 Å². The molecule has 0 unspecified atom stereocenters. The lowest BCUT2D eigenvalue weighted by atomic mass is 10.4. The molecular weight excluding hydrogens is 154 g/mol. The number of allylic oxidation sites excluding steroid dienone is 2. The molecule has 62 valence electrons. The summed E-state index contributed by atoms with van der Waals surface area (Å²) in [5.41, 5.74) is 4.94. The highest BCUT2D eigenvalue weighted by molar-refractivity contribution is 5.58. The van der Waals surface area contributed by atoms with Gasteiger partial charge in [-0.3, -0.25) is 0 Å². The van der Waals surface area contributed by atoms with Gasteiger partial charge in [-0.1, -0.05) is 0 Å². The number of nitrogens with zero attached hydrogens (tertiary/aromatic N) is 4. The lowest BCUT2D eigenvalue weighted by molar-refractivity contribution is 0.642. The van der Waals surface area contributed by atoms with Crippen LogP contribution in [0.3, 0.4) is 0 Å². The average molecular weight is 163 g/mol. The van der Waals surface area contributed by atoms with Crippen molar-refractivity contribution in [1.82, 2.24) is 4.90 Å². The summed E-state index contributed by atoms with van der Waals surface area (Å²) in [5.74, 6) is 0. The standard InChI is InChI=1S/C7H9N5/c1-12(2)5-11-7(4-9)6(10)3-8/h5H,10H2,1-2H3. The van der Waals surface area contributed by atoms with Crippen molar-refractivity contribution in [3.63, 3.8) is 0 Å². The summed E-state index contributed by atoms with van der Waals surface area (Å²) in [4.78, 5) is 5.33. The third-order valence-electron chi connectivity index (χ3n) is 0.899. The minimum atomic E-state index is -0.171. The first-order valence-corrected chi connectivity index (χ1v) is 3.12. The van der Waals surface area contributed by atoms with E-state index in [9.17, 15) is 0 Å². The van der Waals surface area contributed by atoms with Gasteiger partial charge in [0.15, 0.2) is 5.70 Å². The van der Waals surface area contributed by atoms with Gasteiger partial charge in [-0.2, -0.15) is 10.5 Å². The zero-order valence-electron chi connectivity index (χ0n) is 6.94. The van der Waals surface area contributed by atoms with Gasteiger partial charge < -0.3 is 10.6 Å². The number of nitrogens with two attached hydrogens (primary N) is 1. The van der Waals surface area contributed by atoms with Crippen LogP contribution in [0.25, 0.3) is 0 Å². The second-order valence-electron chi connectivity index (χ2n) is 2.19. The Morgan fingerprint density at radius 1 is 1.42 bits per heavy atom. The highest BCUT2D eigenvalue weighted by Gasteiger charge is 1.97. The van der Waals surface area contributed by atoms with Gasteiger partial charge in [0, 0.05) is 14.1 Å². The molecule has 0 aromatic carbocycles. The van der Waals surface area contributed by atoms with E-state index in [0.717, 1.165) is 0 Å². The molecule has 0 fully saturated rings. The fourth-order valence-electron chi connectivity index (χ4n) is 0.385. The highest BCUT2D eigenvalue weighted by Crippen LogP contribution is 1.96. The van der Waals surface area contributed by atoms with Gasteiger partial charge in [0.1, 0.15) is 17.8 Å². The van der Waals surface area contributed by atoms with Crippen molar-refractivity contribution in [2.75, 3.05) is 14.1 Å². The first-order chi connectivity index (χ1) is 5.61. The lowest BCUT2D eigenvalue weighted by Gasteiger charge is -2.00. The van der Waals surface area contributed by atoms with Gasteiger partial charge >= 0.3 is 0 Å². The molecule has 0 bridgehead atoms. The molecular formula is C7H9N5. The summed E-state index contributed by atoms with van der Waals surface area (Å²) in [6, 6.07) is 3.36. The summed E-state index contributed by atoms with van der Waals surface area (Å²) >= 11 is 0. The molecule has 0 aromatic rings. The minimum absolute atomic E-state index is 0.0637. The Morgan fingerprint density at radius 3 is 2.33 bits per heavy atom. The number of hydrogen-bond acceptors (Lipinski definition) is 4. The number of rotatable bonds is 2. The SMILES string of the molecule is CN(C)C=NC(C#N)=C(N)C#N. The third kappa shape index (κ3) is 3.23. The van der Waals surface area contributed by atoms with E-state index in [4.69, 9.17) is 16.3 Å². The zero-order chi connectivity index (χ0) is 9.56. The van der Waals surface area contributed by atoms with E-state index < -0.39 is 0 Å². The fraction of sp³-hybridized carbons (Fsp3) is 0.286. The maximum atomic E-state index is 8.47. The predicted octanol–water partition coefficient (Wildman–Crippen LogP) is -0.206. The van der Waals surface area contributed by atoms with Crippen molar-refractivity contribution in [1.29, 1.82) is 10.5 Å². The molecule has 12 heavy (non-hydrogen) atoms. The van der Waals surface area contributed by atoms with E-state index in [-0.39, 0.29) is 11.4 Å². The minimum Gasteiger partial charge on any atom is -0.388 e. The number of nitriles is 2. The molecule has 5 nitrogen and oxygen atoms in total. The van der Waals surface area contributed by atoms with Gasteiger partial charge in [0.2, 0.25) is 0 Å². The largest absolute Gasteiger partial charge is 0.388 e. The first kappa shape index (κ1) is 9.99. The van der Waals surface area contributed by atoms with E-state index in [0.29, 0.717) is 0 Å². The Morgan fingerprint density at radius 2 is 2.00 bits per heavy atom. The highest BCUT2D eigenvalue weighted by atomic mass is 15.1. The Bertz CT molecular complexity index is 286. The third-order valence-corrected chi connectivity index (χ3v) is 0.899. The average Bonchev–Trinajstić information content (AvgIpc) is 2.04. The van der Waals surface area contributed by atoms with E-state index in [2.05, 4.69) is 4.99 Å². The van der Waals surface area contributed by atoms with Crippen molar-refractivity contribution in [3.05, 3.63) is 11.4 Å². The molecule has 0 radical (unpaired) electrons. The van der Waals surface area contributed by atoms with Gasteiger partial charge in [0.05, 0.1) is 6.34 Å². The molecule has 2 N–H and O–H groups in total. The molecule has 0 atom stereocenters. The first-order valence-electron chi connectivity index (χ1n) is 3.12. The Hall–Kier alpha value is -2.01. The van der Waals surface area contributed by atoms with Crippen LogP contribution in [0.15, 0.2) is 16.4 Å². The van der Waals surface area contributed by atoms with Crippen LogP contribution in [-0.2, 0) is 0 Å². The Labute approximate surface area is 71.0 Å². The monoisotopic (exact) mass is 163 g/mol. The molecule has 0 amide bonds. The molecule has 5 heteroatoms. The Balaban J connectivity index is 4.66. The number of hydrogen-bond donors (Lipinski definition) is 1. The van der Waals surface area contributed by atoms with Crippen molar-refractivity contribution in [2.24, 2.45) is 10.7 Å².